The number of tetrazole rings is 7. The molecule has 60 heteroatoms. The molecule has 8 aromatic carbocycles. The monoisotopic (exact) mass is 2000 g/mol. The molecule has 58 nitrogen and oxygen atoms in total. The summed E-state index contributed by atoms with van der Waals surface area (Å²) in [6, 6.07) is 37.6. The minimum Gasteiger partial charge on any atom is -0.494 e. The predicted octanol–water partition coefficient (Wildman–Crippen LogP) is 6.48. The zero-order valence-corrected chi connectivity index (χ0v) is 74.2. The minimum atomic E-state index is -0.759. The first-order valence-electron chi connectivity index (χ1n) is 35.1. The molecule has 0 unspecified atom stereocenters. The number of H-pyrrole nitrogens is 2. The topological polar surface area (TPSA) is 755 Å². The molecule has 694 valence electrons. The number of aromatic nitrogens is 28. The van der Waals surface area contributed by atoms with Gasteiger partial charge in [-0.3, -0.25) is 65.5 Å². The maximum Gasteiger partial charge on any atom is 0.311 e. The Labute approximate surface area is 764 Å². The Balaban J connectivity index is 0.000000312. The maximum absolute atomic E-state index is 10.9. The van der Waals surface area contributed by atoms with E-state index in [4.69, 9.17) is 55.1 Å². The van der Waals surface area contributed by atoms with E-state index in [9.17, 15) is 65.5 Å². The molecule has 8 N–H and O–H groups in total. The molecule has 7 heterocycles. The molecule has 0 fully saturated rings. The molecule has 7 aromatic heterocycles. The summed E-state index contributed by atoms with van der Waals surface area (Å²) in [4.78, 5) is 76.2. The van der Waals surface area contributed by atoms with Crippen LogP contribution in [0.4, 0.5) is 45.5 Å². The van der Waals surface area contributed by atoms with Crippen molar-refractivity contribution in [1.29, 1.82) is 0 Å². The van der Waals surface area contributed by atoms with Crippen molar-refractivity contribution < 1.29 is 113 Å². The van der Waals surface area contributed by atoms with Crippen molar-refractivity contribution in [2.75, 3.05) is 68.3 Å². The van der Waals surface area contributed by atoms with Crippen molar-refractivity contribution >= 4 is 51.4 Å². The maximum atomic E-state index is 10.9. The number of nitrogens with zero attached hydrogens (tertiary/aromatic N) is 32. The van der Waals surface area contributed by atoms with Gasteiger partial charge in [0, 0.05) is 91.3 Å². The standard InChI is InChI=1S/3C9H9N5O3.2C9H11N5O.2C8H7N5O3.C8H8N2O4.2CH3.2Pd/c1-13-9(10-11-12-13)6-4-3-5-7(14(15)16)8(6)17-2;2*1-13-11-9(10-12-13)6-4-3-5-7(14(15)16)8(6)17-2;1-14-9(11-12-13-14)6-4-3-5-7(10)8(6)15-2;1-14-12-9(11-13-14)6-4-3-5-7(10)8(6)15-2;2*1-16-7-5(8-9-11-12-10-8)3-2-4-6(7)13(14)15;1-14-7-5(8(9)11)3-2-4-6(7)10(12)13;;;;/h3*3-5H,1-2H3;2*3-5H,10H2,1-2H3;2*2-4H,1H3,(H,9,10,11,12);2-4H,1H3,(H2,9,11);2*1H3;;/q;;;;;;;;2*-1;;. The van der Waals surface area contributed by atoms with Crippen molar-refractivity contribution in [3.05, 3.63) is 227 Å². The van der Waals surface area contributed by atoms with Gasteiger partial charge in [0.2, 0.25) is 63.6 Å². The number of anilines is 2. The Hall–Kier alpha value is -17.6. The Bertz CT molecular complexity index is 6110. The van der Waals surface area contributed by atoms with Crippen molar-refractivity contribution in [2.45, 2.75) is 0 Å². The molecular formula is C71H77N37O21Pd2-2. The quantitative estimate of drug-likeness (QED) is 0.0159. The van der Waals surface area contributed by atoms with Gasteiger partial charge in [-0.15, -0.1) is 61.2 Å². The van der Waals surface area contributed by atoms with Crippen LogP contribution in [-0.4, -0.2) is 235 Å². The SMILES string of the molecule is COc1c(-c2nn[nH]n2)cccc1[N+](=O)[O-].COc1c(-c2nn[nH]n2)cccc1[N+](=O)[O-].COc1c(-c2nnn(C)n2)cccc1[N+](=O)[O-].COc1c(-c2nnn(C)n2)cccc1[N+](=O)[O-].COc1c(-c2nnnn2C)cccc1[N+](=O)[O-].COc1c(C(N)=O)cccc1[N+](=O)[O-].COc1c(N)cccc1-c1nnn(C)n1.COc1c(N)cccc1-c1nnnn1C.[CH3-].[CH3-].[Pd].[Pd]. The molecule has 0 radical (unpaired) electrons. The van der Waals surface area contributed by atoms with Crippen LogP contribution in [0.15, 0.2) is 146 Å². The second-order valence-electron chi connectivity index (χ2n) is 23.9. The van der Waals surface area contributed by atoms with Crippen molar-refractivity contribution in [1.82, 2.24) is 142 Å². The zero-order valence-electron chi connectivity index (χ0n) is 71.1. The van der Waals surface area contributed by atoms with Crippen molar-refractivity contribution in [2.24, 2.45) is 41.0 Å². The van der Waals surface area contributed by atoms with Gasteiger partial charge in [0.1, 0.15) is 0 Å². The largest absolute Gasteiger partial charge is 0.494 e. The van der Waals surface area contributed by atoms with E-state index in [0.29, 0.717) is 68.2 Å². The van der Waals surface area contributed by atoms with Gasteiger partial charge in [-0.1, -0.05) is 48.5 Å². The van der Waals surface area contributed by atoms with Crippen LogP contribution in [0, 0.1) is 75.5 Å². The van der Waals surface area contributed by atoms with Crippen LogP contribution < -0.4 is 55.1 Å². The number of nitrogens with one attached hydrogen (secondary N) is 2. The predicted molar refractivity (Wildman–Crippen MR) is 449 cm³/mol. The second-order valence-corrected chi connectivity index (χ2v) is 23.9. The van der Waals surface area contributed by atoms with Crippen LogP contribution in [-0.2, 0) is 76.1 Å². The molecule has 131 heavy (non-hydrogen) atoms. The number of primary amides is 1. The summed E-state index contributed by atoms with van der Waals surface area (Å²) < 4.78 is 43.3. The summed E-state index contributed by atoms with van der Waals surface area (Å²) in [5, 5.41) is 148. The second kappa shape index (κ2) is 50.4. The van der Waals surface area contributed by atoms with Crippen LogP contribution in [0.25, 0.3) is 79.7 Å². The van der Waals surface area contributed by atoms with Gasteiger partial charge in [-0.2, -0.15) is 24.8 Å². The molecule has 0 aliphatic carbocycles. The number of rotatable bonds is 22. The number of para-hydroxylation sites is 8. The number of amides is 1. The average molecular weight is 2000 g/mol. The van der Waals surface area contributed by atoms with Gasteiger partial charge in [-0.25, -0.2) is 9.36 Å². The summed E-state index contributed by atoms with van der Waals surface area (Å²) >= 11 is 0. The van der Waals surface area contributed by atoms with E-state index in [-0.39, 0.29) is 153 Å². The first-order valence-corrected chi connectivity index (χ1v) is 35.1. The summed E-state index contributed by atoms with van der Waals surface area (Å²) in [6.07, 6.45) is 0. The number of ether oxygens (including phenoxy) is 8. The Morgan fingerprint density at radius 1 is 0.321 bits per heavy atom. The molecule has 0 atom stereocenters. The van der Waals surface area contributed by atoms with Crippen molar-refractivity contribution in [3.8, 4) is 126 Å². The average Bonchev–Trinajstić information content (AvgIpc) is 1.82. The zero-order chi connectivity index (χ0) is 92.7. The van der Waals surface area contributed by atoms with Crippen LogP contribution in [0.1, 0.15) is 10.4 Å². The summed E-state index contributed by atoms with van der Waals surface area (Å²) in [5.41, 5.74) is 20.5. The number of nitro groups is 6. The molecule has 0 bridgehead atoms. The van der Waals surface area contributed by atoms with Gasteiger partial charge in [-0.05, 0) is 108 Å². The molecule has 0 spiro atoms. The molecule has 0 aliphatic heterocycles. The normalized spacial score (nSPS) is 9.81. The molecule has 1 amide bonds. The van der Waals surface area contributed by atoms with Crippen molar-refractivity contribution in [3.63, 3.8) is 0 Å². The number of hydrogen-bond acceptors (Lipinski definition) is 44. The van der Waals surface area contributed by atoms with Gasteiger partial charge in [0.15, 0.2) is 23.1 Å². The number of nitrogen functional groups attached to an aromatic ring is 2. The van der Waals surface area contributed by atoms with Gasteiger partial charge < -0.3 is 69.9 Å². The van der Waals surface area contributed by atoms with Gasteiger partial charge >= 0.3 is 34.1 Å². The Morgan fingerprint density at radius 2 is 0.557 bits per heavy atom. The van der Waals surface area contributed by atoms with E-state index >= 15 is 0 Å². The molecule has 15 aromatic rings. The molecule has 0 saturated heterocycles. The number of aryl methyl sites for hydroxylation is 5. The first-order chi connectivity index (χ1) is 60.9. The third-order valence-corrected chi connectivity index (χ3v) is 16.3. The van der Waals surface area contributed by atoms with E-state index in [2.05, 4.69) is 119 Å². The number of nitro benzene ring substituents is 6. The number of aromatic amines is 2. The summed E-state index contributed by atoms with van der Waals surface area (Å²) in [7, 11) is 19.5. The molecule has 15 rings (SSSR count). The van der Waals surface area contributed by atoms with E-state index in [1.165, 1.54) is 122 Å². The number of methoxy groups -OCH3 is 8. The van der Waals surface area contributed by atoms with Crippen LogP contribution in [0.3, 0.4) is 0 Å². The number of carbonyl (C=O) groups is 1. The number of carbonyl (C=O) groups excluding carboxylic acids is 1. The van der Waals surface area contributed by atoms with E-state index in [1.807, 2.05) is 24.3 Å². The summed E-state index contributed by atoms with van der Waals surface area (Å²) in [5.74, 6) is 3.55. The molecular weight excluding hydrogens is 1920 g/mol. The number of nitrogens with two attached hydrogens (primary N) is 3. The van der Waals surface area contributed by atoms with Crippen LogP contribution in [0.5, 0.6) is 46.0 Å². The molecule has 0 saturated carbocycles. The van der Waals surface area contributed by atoms with Crippen LogP contribution >= 0.6 is 0 Å². The fourth-order valence-corrected chi connectivity index (χ4v) is 10.9. The number of benzene rings is 8. The van der Waals surface area contributed by atoms with Gasteiger partial charge in [0.25, 0.3) is 5.91 Å². The van der Waals surface area contributed by atoms with Gasteiger partial charge in [0.05, 0.1) is 163 Å². The minimum absolute atomic E-state index is 0. The van der Waals surface area contributed by atoms with Crippen LogP contribution in [0.2, 0.25) is 0 Å². The van der Waals surface area contributed by atoms with E-state index < -0.39 is 35.4 Å². The fraction of sp³-hybridized carbons (Fsp3) is 0.183. The van der Waals surface area contributed by atoms with E-state index in [0.717, 1.165) is 11.1 Å². The Morgan fingerprint density at radius 3 is 0.794 bits per heavy atom. The third kappa shape index (κ3) is 26.5. The first kappa shape index (κ1) is 106. The molecule has 0 aliphatic rings. The summed E-state index contributed by atoms with van der Waals surface area (Å²) in [6.45, 7) is 0. The smallest absolute Gasteiger partial charge is 0.311 e. The number of hydrogen-bond donors (Lipinski definition) is 5. The fourth-order valence-electron chi connectivity index (χ4n) is 10.9. The Kier molecular flexibility index (Phi) is 40.7. The third-order valence-electron chi connectivity index (χ3n) is 16.3. The van der Waals surface area contributed by atoms with E-state index in [1.54, 1.807) is 115 Å².